The van der Waals surface area contributed by atoms with E-state index < -0.39 is 5.95 Å². The Kier molecular flexibility index (Phi) is 4.21. The lowest BCUT2D eigenvalue weighted by molar-refractivity contribution is 0.299. The lowest BCUT2D eigenvalue weighted by Gasteiger charge is -2.30. The zero-order valence-corrected chi connectivity index (χ0v) is 15.7. The smallest absolute Gasteiger partial charge is 0.215 e. The molecule has 1 unspecified atom stereocenters. The average molecular weight is 379 g/mol. The molecule has 0 saturated heterocycles. The molecule has 6 heteroatoms. The average Bonchev–Trinajstić information content (AvgIpc) is 3.15. The first-order valence-electron chi connectivity index (χ1n) is 7.68. The largest absolute Gasteiger partial charge is 0.300 e. The minimum atomic E-state index is -0.403. The predicted octanol–water partition coefficient (Wildman–Crippen LogP) is 5.55. The number of hydrogen-bond donors (Lipinski definition) is 0. The van der Waals surface area contributed by atoms with E-state index >= 15 is 0 Å². The van der Waals surface area contributed by atoms with Crippen LogP contribution in [0.4, 0.5) is 4.39 Å². The van der Waals surface area contributed by atoms with Gasteiger partial charge in [0.2, 0.25) is 5.95 Å². The fourth-order valence-electron chi connectivity index (χ4n) is 3.33. The molecule has 4 heterocycles. The Morgan fingerprint density at radius 2 is 2.12 bits per heavy atom. The quantitative estimate of drug-likeness (QED) is 0.543. The lowest BCUT2D eigenvalue weighted by Crippen LogP contribution is -2.29. The summed E-state index contributed by atoms with van der Waals surface area (Å²) in [5.41, 5.74) is 5.29. The Bertz CT molecular complexity index is 902. The molecule has 3 aromatic heterocycles. The highest BCUT2D eigenvalue weighted by molar-refractivity contribution is 7.16. The molecule has 0 N–H and O–H groups in total. The van der Waals surface area contributed by atoms with E-state index in [1.165, 1.54) is 16.0 Å². The minimum absolute atomic E-state index is 0.286. The molecule has 0 aliphatic carbocycles. The van der Waals surface area contributed by atoms with Gasteiger partial charge in [0.1, 0.15) is 0 Å². The molecule has 0 radical (unpaired) electrons. The number of halogens is 2. The van der Waals surface area contributed by atoms with Crippen LogP contribution in [0, 0.1) is 12.9 Å². The number of aromatic nitrogens is 1. The second-order valence-electron chi connectivity index (χ2n) is 6.25. The summed E-state index contributed by atoms with van der Waals surface area (Å²) in [4.78, 5) is 7.56. The van der Waals surface area contributed by atoms with Crippen LogP contribution < -0.4 is 0 Å². The van der Waals surface area contributed by atoms with Crippen LogP contribution in [0.2, 0.25) is 4.34 Å². The number of likely N-dealkylation sites (N-methyl/N-ethyl adjacent to an activating group) is 1. The maximum Gasteiger partial charge on any atom is 0.215 e. The predicted molar refractivity (Wildman–Crippen MR) is 99.8 cm³/mol. The van der Waals surface area contributed by atoms with Crippen LogP contribution in [-0.2, 0) is 6.54 Å². The van der Waals surface area contributed by atoms with Gasteiger partial charge in [0.15, 0.2) is 0 Å². The third-order valence-electron chi connectivity index (χ3n) is 4.49. The Hall–Kier alpha value is -1.27. The van der Waals surface area contributed by atoms with Crippen LogP contribution in [0.3, 0.4) is 0 Å². The molecular formula is C18H16ClFN2S2. The van der Waals surface area contributed by atoms with Gasteiger partial charge in [-0.1, -0.05) is 11.6 Å². The van der Waals surface area contributed by atoms with Crippen molar-refractivity contribution in [1.82, 2.24) is 9.88 Å². The first kappa shape index (κ1) is 16.2. The highest BCUT2D eigenvalue weighted by Crippen LogP contribution is 2.43. The summed E-state index contributed by atoms with van der Waals surface area (Å²) in [6.07, 6.45) is 1.63. The summed E-state index contributed by atoms with van der Waals surface area (Å²) >= 11 is 9.62. The van der Waals surface area contributed by atoms with E-state index in [9.17, 15) is 4.39 Å². The van der Waals surface area contributed by atoms with Crippen molar-refractivity contribution in [1.29, 1.82) is 0 Å². The topological polar surface area (TPSA) is 16.1 Å². The molecule has 0 fully saturated rings. The molecule has 0 saturated carbocycles. The Morgan fingerprint density at radius 1 is 1.29 bits per heavy atom. The van der Waals surface area contributed by atoms with E-state index in [1.807, 2.05) is 6.07 Å². The SMILES string of the molecule is Cc1cc(-c2cscc2C2CN(C)Cc3sc(Cl)cc32)cnc1F. The highest BCUT2D eigenvalue weighted by atomic mass is 35.5. The zero-order chi connectivity index (χ0) is 16.8. The second kappa shape index (κ2) is 6.23. The molecule has 0 bridgehead atoms. The van der Waals surface area contributed by atoms with Crippen LogP contribution in [-0.4, -0.2) is 23.5 Å². The minimum Gasteiger partial charge on any atom is -0.300 e. The van der Waals surface area contributed by atoms with E-state index in [-0.39, 0.29) is 5.92 Å². The molecule has 4 rings (SSSR count). The van der Waals surface area contributed by atoms with Crippen LogP contribution in [0.1, 0.15) is 27.5 Å². The van der Waals surface area contributed by atoms with Crippen molar-refractivity contribution in [2.75, 3.05) is 13.6 Å². The van der Waals surface area contributed by atoms with Gasteiger partial charge in [-0.2, -0.15) is 15.7 Å². The molecule has 24 heavy (non-hydrogen) atoms. The fourth-order valence-corrected chi connectivity index (χ4v) is 5.67. The number of thiophene rings is 2. The maximum absolute atomic E-state index is 13.5. The van der Waals surface area contributed by atoms with Crippen LogP contribution in [0.25, 0.3) is 11.1 Å². The summed E-state index contributed by atoms with van der Waals surface area (Å²) in [7, 11) is 2.14. The number of fused-ring (bicyclic) bond motifs is 1. The molecule has 2 nitrogen and oxygen atoms in total. The Labute approximate surface area is 153 Å². The molecule has 0 spiro atoms. The van der Waals surface area contributed by atoms with Gasteiger partial charge in [0.05, 0.1) is 4.34 Å². The fraction of sp³-hybridized carbons (Fsp3) is 0.278. The summed E-state index contributed by atoms with van der Waals surface area (Å²) in [5.74, 6) is -0.117. The van der Waals surface area contributed by atoms with Crippen LogP contribution >= 0.6 is 34.3 Å². The number of hydrogen-bond acceptors (Lipinski definition) is 4. The van der Waals surface area contributed by atoms with Crippen molar-refractivity contribution in [3.63, 3.8) is 0 Å². The van der Waals surface area contributed by atoms with Crippen molar-refractivity contribution in [2.24, 2.45) is 0 Å². The summed E-state index contributed by atoms with van der Waals surface area (Å²) in [6.45, 7) is 3.65. The normalized spacial score (nSPS) is 17.9. The Morgan fingerprint density at radius 3 is 2.92 bits per heavy atom. The van der Waals surface area contributed by atoms with Crippen molar-refractivity contribution in [3.8, 4) is 11.1 Å². The molecule has 0 aromatic carbocycles. The van der Waals surface area contributed by atoms with E-state index in [0.717, 1.165) is 28.6 Å². The van der Waals surface area contributed by atoms with Gasteiger partial charge in [-0.15, -0.1) is 11.3 Å². The van der Waals surface area contributed by atoms with Crippen LogP contribution in [0.15, 0.2) is 29.1 Å². The lowest BCUT2D eigenvalue weighted by atomic mass is 9.86. The monoisotopic (exact) mass is 378 g/mol. The summed E-state index contributed by atoms with van der Waals surface area (Å²) in [5, 5.41) is 4.33. The standard InChI is InChI=1S/C18H16ClFN2S2/c1-10-3-11(5-21-18(10)20)14-8-23-9-15(14)13-6-22(2)7-16-12(13)4-17(19)24-16/h3-5,8-9,13H,6-7H2,1-2H3. The molecule has 124 valence electrons. The first-order valence-corrected chi connectivity index (χ1v) is 9.82. The van der Waals surface area contributed by atoms with Crippen molar-refractivity contribution in [3.05, 3.63) is 60.9 Å². The second-order valence-corrected chi connectivity index (χ2v) is 8.76. The van der Waals surface area contributed by atoms with Gasteiger partial charge in [-0.25, -0.2) is 4.98 Å². The number of aryl methyl sites for hydroxylation is 1. The summed E-state index contributed by atoms with van der Waals surface area (Å²) < 4.78 is 14.4. The molecule has 1 aliphatic heterocycles. The van der Waals surface area contributed by atoms with E-state index in [1.54, 1.807) is 35.8 Å². The van der Waals surface area contributed by atoms with E-state index in [0.29, 0.717) is 5.56 Å². The van der Waals surface area contributed by atoms with E-state index in [2.05, 4.69) is 33.8 Å². The number of rotatable bonds is 2. The molecule has 1 atom stereocenters. The van der Waals surface area contributed by atoms with Gasteiger partial charge < -0.3 is 4.90 Å². The highest BCUT2D eigenvalue weighted by Gasteiger charge is 2.29. The van der Waals surface area contributed by atoms with Crippen LogP contribution in [0.5, 0.6) is 0 Å². The molecule has 3 aromatic rings. The van der Waals surface area contributed by atoms with Gasteiger partial charge in [-0.05, 0) is 53.6 Å². The van der Waals surface area contributed by atoms with Gasteiger partial charge in [-0.3, -0.25) is 0 Å². The zero-order valence-electron chi connectivity index (χ0n) is 13.3. The maximum atomic E-state index is 13.5. The number of nitrogens with zero attached hydrogens (tertiary/aromatic N) is 2. The third-order valence-corrected chi connectivity index (χ3v) is 6.51. The number of pyridine rings is 1. The molecule has 1 aliphatic rings. The molecular weight excluding hydrogens is 363 g/mol. The summed E-state index contributed by atoms with van der Waals surface area (Å²) in [6, 6.07) is 3.98. The van der Waals surface area contributed by atoms with Gasteiger partial charge in [0.25, 0.3) is 0 Å². The van der Waals surface area contributed by atoms with E-state index in [4.69, 9.17) is 11.6 Å². The molecule has 0 amide bonds. The van der Waals surface area contributed by atoms with Crippen molar-refractivity contribution in [2.45, 2.75) is 19.4 Å². The first-order chi connectivity index (χ1) is 11.5. The van der Waals surface area contributed by atoms with Gasteiger partial charge in [0, 0.05) is 41.2 Å². The van der Waals surface area contributed by atoms with Crippen molar-refractivity contribution >= 4 is 34.3 Å². The third kappa shape index (κ3) is 2.80. The Balaban J connectivity index is 1.81. The van der Waals surface area contributed by atoms with Crippen molar-refractivity contribution < 1.29 is 4.39 Å². The van der Waals surface area contributed by atoms with Gasteiger partial charge >= 0.3 is 0 Å².